The van der Waals surface area contributed by atoms with Gasteiger partial charge in [0.25, 0.3) is 0 Å². The van der Waals surface area contributed by atoms with Crippen LogP contribution in [0.25, 0.3) is 0 Å². The summed E-state index contributed by atoms with van der Waals surface area (Å²) in [6, 6.07) is 9.48. The Balaban J connectivity index is 1.68. The molecule has 0 spiro atoms. The average molecular weight is 292 g/mol. The van der Waals surface area contributed by atoms with E-state index >= 15 is 0 Å². The van der Waals surface area contributed by atoms with Crippen LogP contribution >= 0.6 is 0 Å². The van der Waals surface area contributed by atoms with Gasteiger partial charge in [0.05, 0.1) is 6.61 Å². The van der Waals surface area contributed by atoms with Gasteiger partial charge in [0.1, 0.15) is 13.3 Å². The van der Waals surface area contributed by atoms with Crippen LogP contribution in [-0.2, 0) is 20.9 Å². The maximum Gasteiger partial charge on any atom is 0.409 e. The highest BCUT2D eigenvalue weighted by atomic mass is 16.6. The largest absolute Gasteiger partial charge is 0.445 e. The Kier molecular flexibility index (Phi) is 5.57. The second-order valence-corrected chi connectivity index (χ2v) is 4.91. The SMILES string of the molecule is CN(CCC(=O)N1CCOC1)C(=O)OCc1ccccc1. The van der Waals surface area contributed by atoms with Gasteiger partial charge in [-0.3, -0.25) is 4.79 Å². The van der Waals surface area contributed by atoms with E-state index in [1.54, 1.807) is 11.9 Å². The molecule has 1 aliphatic rings. The smallest absolute Gasteiger partial charge is 0.409 e. The molecule has 0 aromatic heterocycles. The molecule has 6 nitrogen and oxygen atoms in total. The third-order valence-corrected chi connectivity index (χ3v) is 3.28. The minimum Gasteiger partial charge on any atom is -0.445 e. The first-order valence-electron chi connectivity index (χ1n) is 6.94. The van der Waals surface area contributed by atoms with E-state index in [4.69, 9.17) is 9.47 Å². The van der Waals surface area contributed by atoms with Crippen molar-refractivity contribution < 1.29 is 19.1 Å². The van der Waals surface area contributed by atoms with E-state index in [1.807, 2.05) is 30.3 Å². The summed E-state index contributed by atoms with van der Waals surface area (Å²) in [4.78, 5) is 26.7. The van der Waals surface area contributed by atoms with Crippen molar-refractivity contribution in [1.29, 1.82) is 0 Å². The van der Waals surface area contributed by atoms with Gasteiger partial charge in [0, 0.05) is 26.6 Å². The zero-order chi connectivity index (χ0) is 15.1. The maximum atomic E-state index is 11.8. The quantitative estimate of drug-likeness (QED) is 0.824. The molecule has 0 radical (unpaired) electrons. The summed E-state index contributed by atoms with van der Waals surface area (Å²) in [5.41, 5.74) is 0.935. The van der Waals surface area contributed by atoms with Crippen LogP contribution in [-0.4, -0.2) is 55.3 Å². The normalized spacial score (nSPS) is 14.0. The highest BCUT2D eigenvalue weighted by molar-refractivity contribution is 5.77. The molecule has 114 valence electrons. The number of amides is 2. The van der Waals surface area contributed by atoms with E-state index in [2.05, 4.69) is 0 Å². The summed E-state index contributed by atoms with van der Waals surface area (Å²) in [5.74, 6) is -0.00444. The molecule has 1 fully saturated rings. The molecular weight excluding hydrogens is 272 g/mol. The van der Waals surface area contributed by atoms with Gasteiger partial charge in [-0.2, -0.15) is 0 Å². The third kappa shape index (κ3) is 4.75. The molecule has 0 aliphatic carbocycles. The first-order valence-corrected chi connectivity index (χ1v) is 6.94. The molecule has 2 amide bonds. The molecule has 6 heteroatoms. The molecule has 21 heavy (non-hydrogen) atoms. The Bertz CT molecular complexity index is 472. The van der Waals surface area contributed by atoms with Crippen LogP contribution in [0.3, 0.4) is 0 Å². The third-order valence-electron chi connectivity index (χ3n) is 3.28. The van der Waals surface area contributed by atoms with E-state index in [-0.39, 0.29) is 18.9 Å². The van der Waals surface area contributed by atoms with Gasteiger partial charge in [-0.05, 0) is 5.56 Å². The van der Waals surface area contributed by atoms with E-state index < -0.39 is 6.09 Å². The molecule has 0 N–H and O–H groups in total. The summed E-state index contributed by atoms with van der Waals surface area (Å²) in [7, 11) is 1.63. The molecule has 1 aromatic rings. The Labute approximate surface area is 124 Å². The molecule has 0 saturated carbocycles. The van der Waals surface area contributed by atoms with Crippen molar-refractivity contribution in [2.75, 3.05) is 33.5 Å². The van der Waals surface area contributed by atoms with Gasteiger partial charge in [0.2, 0.25) is 5.91 Å². The maximum absolute atomic E-state index is 11.8. The zero-order valence-electron chi connectivity index (χ0n) is 12.2. The van der Waals surface area contributed by atoms with Crippen molar-refractivity contribution in [2.24, 2.45) is 0 Å². The lowest BCUT2D eigenvalue weighted by Gasteiger charge is -2.19. The average Bonchev–Trinajstić information content (AvgIpc) is 3.05. The standard InChI is InChI=1S/C15H20N2O4/c1-16(8-7-14(18)17-9-10-20-12-17)15(19)21-11-13-5-3-2-4-6-13/h2-6H,7-12H2,1H3. The summed E-state index contributed by atoms with van der Waals surface area (Å²) in [5, 5.41) is 0. The van der Waals surface area contributed by atoms with Gasteiger partial charge in [-0.25, -0.2) is 4.79 Å². The van der Waals surface area contributed by atoms with Gasteiger partial charge >= 0.3 is 6.09 Å². The van der Waals surface area contributed by atoms with Gasteiger partial charge < -0.3 is 19.3 Å². The number of hydrogen-bond donors (Lipinski definition) is 0. The van der Waals surface area contributed by atoms with Crippen molar-refractivity contribution in [1.82, 2.24) is 9.80 Å². The van der Waals surface area contributed by atoms with Crippen LogP contribution in [0.4, 0.5) is 4.79 Å². The predicted molar refractivity (Wildman–Crippen MR) is 76.4 cm³/mol. The van der Waals surface area contributed by atoms with Crippen molar-refractivity contribution >= 4 is 12.0 Å². The van der Waals surface area contributed by atoms with Crippen LogP contribution in [0.5, 0.6) is 0 Å². The summed E-state index contributed by atoms with van der Waals surface area (Å²) in [6.45, 7) is 2.13. The molecule has 2 rings (SSSR count). The molecule has 0 bridgehead atoms. The Hall–Kier alpha value is -2.08. The predicted octanol–water partition coefficient (Wildman–Crippen LogP) is 1.46. The monoisotopic (exact) mass is 292 g/mol. The fourth-order valence-corrected chi connectivity index (χ4v) is 1.95. The van der Waals surface area contributed by atoms with Crippen LogP contribution in [0.2, 0.25) is 0 Å². The topological polar surface area (TPSA) is 59.1 Å². The molecule has 1 heterocycles. The Morgan fingerprint density at radius 3 is 2.76 bits per heavy atom. The van der Waals surface area contributed by atoms with E-state index in [0.29, 0.717) is 26.4 Å². The van der Waals surface area contributed by atoms with E-state index in [0.717, 1.165) is 5.56 Å². The second-order valence-electron chi connectivity index (χ2n) is 4.91. The van der Waals surface area contributed by atoms with Gasteiger partial charge in [0.15, 0.2) is 0 Å². The minimum absolute atomic E-state index is 0.00444. The van der Waals surface area contributed by atoms with Crippen molar-refractivity contribution in [3.63, 3.8) is 0 Å². The van der Waals surface area contributed by atoms with Crippen LogP contribution in [0.1, 0.15) is 12.0 Å². The van der Waals surface area contributed by atoms with Crippen molar-refractivity contribution in [3.8, 4) is 0 Å². The number of ether oxygens (including phenoxy) is 2. The lowest BCUT2D eigenvalue weighted by molar-refractivity contribution is -0.131. The van der Waals surface area contributed by atoms with Crippen LogP contribution < -0.4 is 0 Å². The molecule has 1 aliphatic heterocycles. The summed E-state index contributed by atoms with van der Waals surface area (Å²) >= 11 is 0. The molecular formula is C15H20N2O4. The fourth-order valence-electron chi connectivity index (χ4n) is 1.95. The molecule has 0 atom stereocenters. The van der Waals surface area contributed by atoms with E-state index in [9.17, 15) is 9.59 Å². The number of nitrogens with zero attached hydrogens (tertiary/aromatic N) is 2. The molecule has 1 saturated heterocycles. The Morgan fingerprint density at radius 1 is 1.33 bits per heavy atom. The summed E-state index contributed by atoms with van der Waals surface area (Å²) in [6.07, 6.45) is -0.148. The number of benzene rings is 1. The Morgan fingerprint density at radius 2 is 2.10 bits per heavy atom. The van der Waals surface area contributed by atoms with Crippen LogP contribution in [0, 0.1) is 0 Å². The highest BCUT2D eigenvalue weighted by Crippen LogP contribution is 2.05. The fraction of sp³-hybridized carbons (Fsp3) is 0.467. The van der Waals surface area contributed by atoms with Crippen LogP contribution in [0.15, 0.2) is 30.3 Å². The second kappa shape index (κ2) is 7.64. The number of hydrogen-bond acceptors (Lipinski definition) is 4. The van der Waals surface area contributed by atoms with Crippen molar-refractivity contribution in [3.05, 3.63) is 35.9 Å². The number of rotatable bonds is 5. The van der Waals surface area contributed by atoms with E-state index in [1.165, 1.54) is 4.90 Å². The van der Waals surface area contributed by atoms with Gasteiger partial charge in [-0.1, -0.05) is 30.3 Å². The molecule has 1 aromatic carbocycles. The molecule has 0 unspecified atom stereocenters. The highest BCUT2D eigenvalue weighted by Gasteiger charge is 2.19. The first-order chi connectivity index (χ1) is 10.2. The minimum atomic E-state index is -0.427. The first kappa shape index (κ1) is 15.3. The van der Waals surface area contributed by atoms with Gasteiger partial charge in [-0.15, -0.1) is 0 Å². The number of carbonyl (C=O) groups is 2. The zero-order valence-corrected chi connectivity index (χ0v) is 12.2. The van der Waals surface area contributed by atoms with Crippen molar-refractivity contribution in [2.45, 2.75) is 13.0 Å². The number of carbonyl (C=O) groups excluding carboxylic acids is 2. The lowest BCUT2D eigenvalue weighted by atomic mass is 10.2. The lowest BCUT2D eigenvalue weighted by Crippen LogP contribution is -2.34. The summed E-state index contributed by atoms with van der Waals surface area (Å²) < 4.78 is 10.3.